The van der Waals surface area contributed by atoms with E-state index in [9.17, 15) is 4.79 Å². The predicted octanol–water partition coefficient (Wildman–Crippen LogP) is 4.14. The SMILES string of the molecule is C=C(Nc1ccc(-c2cc3c(N4CCOCC4)ncnc3[nH]2)cc1)c1cc(CN2CCCC(NC(=O)/C=C/CN(C)C)C2)ccn1. The van der Waals surface area contributed by atoms with Crippen LogP contribution in [0.25, 0.3) is 28.0 Å². The normalized spacial score (nSPS) is 17.5. The minimum Gasteiger partial charge on any atom is -0.378 e. The zero-order chi connectivity index (χ0) is 31.9. The zero-order valence-electron chi connectivity index (χ0n) is 26.7. The number of nitrogens with zero attached hydrogens (tertiary/aromatic N) is 6. The molecule has 2 fully saturated rings. The lowest BCUT2D eigenvalue weighted by atomic mass is 10.0. The lowest BCUT2D eigenvalue weighted by Crippen LogP contribution is -2.47. The zero-order valence-corrected chi connectivity index (χ0v) is 26.7. The molecule has 2 aliphatic rings. The number of anilines is 2. The maximum absolute atomic E-state index is 12.4. The fraction of sp³-hybridized carbons (Fsp3) is 0.371. The fourth-order valence-corrected chi connectivity index (χ4v) is 6.01. The molecule has 0 spiro atoms. The average molecular weight is 622 g/mol. The van der Waals surface area contributed by atoms with E-state index in [1.54, 1.807) is 12.4 Å². The Kier molecular flexibility index (Phi) is 10.0. The topological polar surface area (TPSA) is 115 Å². The van der Waals surface area contributed by atoms with E-state index in [0.717, 1.165) is 97.3 Å². The number of hydrogen-bond donors (Lipinski definition) is 3. The fourth-order valence-electron chi connectivity index (χ4n) is 6.01. The van der Waals surface area contributed by atoms with Crippen molar-refractivity contribution in [2.75, 3.05) is 70.2 Å². The highest BCUT2D eigenvalue weighted by Gasteiger charge is 2.21. The molecule has 1 aromatic carbocycles. The predicted molar refractivity (Wildman–Crippen MR) is 183 cm³/mol. The van der Waals surface area contributed by atoms with Crippen molar-refractivity contribution in [3.05, 3.63) is 85.0 Å². The van der Waals surface area contributed by atoms with Gasteiger partial charge in [0.1, 0.15) is 17.8 Å². The highest BCUT2D eigenvalue weighted by atomic mass is 16.5. The van der Waals surface area contributed by atoms with Gasteiger partial charge in [0, 0.05) is 62.4 Å². The van der Waals surface area contributed by atoms with Gasteiger partial charge in [-0.15, -0.1) is 0 Å². The van der Waals surface area contributed by atoms with E-state index in [4.69, 9.17) is 4.74 Å². The number of fused-ring (bicyclic) bond motifs is 1. The molecule has 2 aliphatic heterocycles. The number of aromatic nitrogens is 4. The Morgan fingerprint density at radius 2 is 1.93 bits per heavy atom. The van der Waals surface area contributed by atoms with E-state index >= 15 is 0 Å². The first-order valence-corrected chi connectivity index (χ1v) is 15.9. The van der Waals surface area contributed by atoms with Crippen LogP contribution in [-0.2, 0) is 16.1 Å². The largest absolute Gasteiger partial charge is 0.378 e. The maximum Gasteiger partial charge on any atom is 0.243 e. The van der Waals surface area contributed by atoms with Crippen LogP contribution >= 0.6 is 0 Å². The smallest absolute Gasteiger partial charge is 0.243 e. The van der Waals surface area contributed by atoms with Gasteiger partial charge in [-0.05, 0) is 74.9 Å². The third kappa shape index (κ3) is 7.97. The highest BCUT2D eigenvalue weighted by molar-refractivity contribution is 5.92. The van der Waals surface area contributed by atoms with Gasteiger partial charge in [0.15, 0.2) is 0 Å². The molecule has 0 bridgehead atoms. The van der Waals surface area contributed by atoms with E-state index in [1.165, 1.54) is 5.56 Å². The van der Waals surface area contributed by atoms with Crippen LogP contribution in [0.4, 0.5) is 11.5 Å². The van der Waals surface area contributed by atoms with Crippen LogP contribution < -0.4 is 15.5 Å². The molecular weight excluding hydrogens is 578 g/mol. The minimum absolute atomic E-state index is 0.0242. The summed E-state index contributed by atoms with van der Waals surface area (Å²) in [7, 11) is 3.97. The van der Waals surface area contributed by atoms with Gasteiger partial charge in [-0.25, -0.2) is 9.97 Å². The highest BCUT2D eigenvalue weighted by Crippen LogP contribution is 2.30. The molecule has 0 aliphatic carbocycles. The number of hydrogen-bond acceptors (Lipinski definition) is 9. The molecule has 3 aromatic heterocycles. The first-order chi connectivity index (χ1) is 22.4. The Labute approximate surface area is 270 Å². The summed E-state index contributed by atoms with van der Waals surface area (Å²) >= 11 is 0. The first-order valence-electron chi connectivity index (χ1n) is 15.9. The number of carbonyl (C=O) groups is 1. The Morgan fingerprint density at radius 3 is 2.74 bits per heavy atom. The number of piperidine rings is 1. The summed E-state index contributed by atoms with van der Waals surface area (Å²) in [6, 6.07) is 14.7. The van der Waals surface area contributed by atoms with Gasteiger partial charge in [0.05, 0.1) is 30.0 Å². The van der Waals surface area contributed by atoms with Crippen molar-refractivity contribution in [1.82, 2.24) is 35.1 Å². The number of aromatic amines is 1. The Hall–Kier alpha value is -4.58. The summed E-state index contributed by atoms with van der Waals surface area (Å²) in [5.74, 6) is 0.916. The molecule has 1 unspecified atom stereocenters. The van der Waals surface area contributed by atoms with Crippen molar-refractivity contribution < 1.29 is 9.53 Å². The lowest BCUT2D eigenvalue weighted by molar-refractivity contribution is -0.117. The average Bonchev–Trinajstić information content (AvgIpc) is 3.50. The second-order valence-electron chi connectivity index (χ2n) is 12.2. The molecule has 5 heterocycles. The molecule has 46 heavy (non-hydrogen) atoms. The number of ether oxygens (including phenoxy) is 1. The number of nitrogens with one attached hydrogen (secondary N) is 3. The van der Waals surface area contributed by atoms with Gasteiger partial charge in [0.2, 0.25) is 5.91 Å². The lowest BCUT2D eigenvalue weighted by Gasteiger charge is -2.33. The van der Waals surface area contributed by atoms with Crippen LogP contribution in [-0.4, -0.2) is 102 Å². The number of H-pyrrole nitrogens is 1. The summed E-state index contributed by atoms with van der Waals surface area (Å²) in [5.41, 5.74) is 6.51. The summed E-state index contributed by atoms with van der Waals surface area (Å²) in [6.45, 7) is 10.7. The van der Waals surface area contributed by atoms with Crippen LogP contribution in [0.1, 0.15) is 24.1 Å². The number of rotatable bonds is 11. The van der Waals surface area contributed by atoms with Crippen molar-refractivity contribution in [3.8, 4) is 11.3 Å². The van der Waals surface area contributed by atoms with Gasteiger partial charge in [-0.3, -0.25) is 14.7 Å². The summed E-state index contributed by atoms with van der Waals surface area (Å²) in [6.07, 6.45) is 9.03. The molecule has 0 saturated carbocycles. The standard InChI is InChI=1S/C35H43N9O2/c1-25(31-20-26(12-13-36-31)22-43-15-4-6-29(23-43)40-33(45)7-5-14-42(2)3)39-28-10-8-27(9-11-28)32-21-30-34(41-32)37-24-38-35(30)44-16-18-46-19-17-44/h5,7-13,20-21,24,29,39H,1,4,6,14-19,22-23H2,2-3H3,(H,40,45)(H,37,38,41)/b7-5+. The van der Waals surface area contributed by atoms with Crippen LogP contribution in [0, 0.1) is 0 Å². The molecule has 3 N–H and O–H groups in total. The van der Waals surface area contributed by atoms with E-state index in [1.807, 2.05) is 49.5 Å². The first kappa shape index (κ1) is 31.4. The Morgan fingerprint density at radius 1 is 1.11 bits per heavy atom. The number of likely N-dealkylation sites (tertiary alicyclic amines) is 1. The number of amides is 1. The summed E-state index contributed by atoms with van der Waals surface area (Å²) in [4.78, 5) is 36.1. The molecule has 1 atom stereocenters. The van der Waals surface area contributed by atoms with Gasteiger partial charge in [-0.1, -0.05) is 24.8 Å². The number of likely N-dealkylation sites (N-methyl/N-ethyl adjacent to an activating group) is 1. The van der Waals surface area contributed by atoms with Gasteiger partial charge in [-0.2, -0.15) is 0 Å². The minimum atomic E-state index is -0.0242. The third-order valence-electron chi connectivity index (χ3n) is 8.34. The van der Waals surface area contributed by atoms with Crippen molar-refractivity contribution in [1.29, 1.82) is 0 Å². The van der Waals surface area contributed by atoms with Crippen LogP contribution in [0.15, 0.2) is 73.7 Å². The molecule has 240 valence electrons. The summed E-state index contributed by atoms with van der Waals surface area (Å²) in [5, 5.41) is 7.60. The molecule has 11 nitrogen and oxygen atoms in total. The number of benzene rings is 1. The molecule has 11 heteroatoms. The number of carbonyl (C=O) groups excluding carboxylic acids is 1. The molecule has 2 saturated heterocycles. The quantitative estimate of drug-likeness (QED) is 0.213. The van der Waals surface area contributed by atoms with Crippen molar-refractivity contribution in [2.45, 2.75) is 25.4 Å². The van der Waals surface area contributed by atoms with E-state index in [-0.39, 0.29) is 11.9 Å². The van der Waals surface area contributed by atoms with Crippen LogP contribution in [0.5, 0.6) is 0 Å². The monoisotopic (exact) mass is 621 g/mol. The molecule has 6 rings (SSSR count). The maximum atomic E-state index is 12.4. The second-order valence-corrected chi connectivity index (χ2v) is 12.2. The summed E-state index contributed by atoms with van der Waals surface area (Å²) < 4.78 is 5.51. The number of morpholine rings is 1. The Balaban J connectivity index is 1.05. The van der Waals surface area contributed by atoms with Crippen molar-refractivity contribution in [3.63, 3.8) is 0 Å². The third-order valence-corrected chi connectivity index (χ3v) is 8.34. The molecule has 1 amide bonds. The number of pyridine rings is 1. The van der Waals surface area contributed by atoms with Crippen molar-refractivity contribution in [2.24, 2.45) is 0 Å². The van der Waals surface area contributed by atoms with Gasteiger partial charge in [0.25, 0.3) is 0 Å². The second kappa shape index (κ2) is 14.7. The van der Waals surface area contributed by atoms with Crippen LogP contribution in [0.2, 0.25) is 0 Å². The Bertz CT molecular complexity index is 1680. The molecular formula is C35H43N9O2. The van der Waals surface area contributed by atoms with Crippen LogP contribution in [0.3, 0.4) is 0 Å². The van der Waals surface area contributed by atoms with Crippen molar-refractivity contribution >= 4 is 34.1 Å². The van der Waals surface area contributed by atoms with Gasteiger partial charge >= 0.3 is 0 Å². The van der Waals surface area contributed by atoms with E-state index in [2.05, 4.69) is 71.2 Å². The van der Waals surface area contributed by atoms with E-state index < -0.39 is 0 Å². The molecule has 0 radical (unpaired) electrons. The van der Waals surface area contributed by atoms with Gasteiger partial charge < -0.3 is 30.2 Å². The van der Waals surface area contributed by atoms with E-state index in [0.29, 0.717) is 13.2 Å². The molecule has 4 aromatic rings.